The molecule has 6 heteroatoms. The van der Waals surface area contributed by atoms with Crippen molar-refractivity contribution in [2.75, 3.05) is 19.8 Å². The van der Waals surface area contributed by atoms with E-state index in [-0.39, 0.29) is 0 Å². The second kappa shape index (κ2) is 21.3. The Bertz CT molecular complexity index is 1220. The molecule has 232 valence electrons. The van der Waals surface area contributed by atoms with Crippen LogP contribution in [0.1, 0.15) is 102 Å². The molecule has 0 unspecified atom stereocenters. The molecular weight excluding hydrogens is 666 g/mol. The third-order valence-corrected chi connectivity index (χ3v) is 8.75. The average Bonchev–Trinajstić information content (AvgIpc) is 3.03. The number of hydrogen-bond donors (Lipinski definition) is 0. The summed E-state index contributed by atoms with van der Waals surface area (Å²) in [5, 5.41) is 8.96. The number of ether oxygens (including phenoxy) is 3. The van der Waals surface area contributed by atoms with Gasteiger partial charge in [-0.15, -0.1) is 0 Å². The van der Waals surface area contributed by atoms with Crippen LogP contribution in [0.2, 0.25) is 0 Å². The van der Waals surface area contributed by atoms with E-state index in [2.05, 4.69) is 57.0 Å². The van der Waals surface area contributed by atoms with E-state index in [0.717, 1.165) is 76.0 Å². The topological polar surface area (TPSA) is 51.5 Å². The summed E-state index contributed by atoms with van der Waals surface area (Å²) in [4.78, 5) is 0. The second-order valence-electron chi connectivity index (χ2n) is 11.1. The normalized spacial score (nSPS) is 10.8. The van der Waals surface area contributed by atoms with E-state index in [9.17, 15) is 0 Å². The molecule has 0 atom stereocenters. The molecule has 0 spiro atoms. The maximum atomic E-state index is 8.96. The van der Waals surface area contributed by atoms with E-state index >= 15 is 0 Å². The monoisotopic (exact) mass is 711 g/mol. The average molecular weight is 714 g/mol. The minimum absolute atomic E-state index is 0.671. The van der Waals surface area contributed by atoms with Crippen molar-refractivity contribution in [3.8, 4) is 34.4 Å². The molecule has 0 saturated heterocycles. The Morgan fingerprint density at radius 2 is 0.930 bits per heavy atom. The molecule has 0 saturated carbocycles. The molecular formula is C37H47Br2NO3. The van der Waals surface area contributed by atoms with Crippen LogP contribution in [0, 0.1) is 11.3 Å². The van der Waals surface area contributed by atoms with Crippen LogP contribution in [-0.2, 0) is 0 Å². The first-order valence-electron chi connectivity index (χ1n) is 16.1. The quantitative estimate of drug-likeness (QED) is 0.0973. The molecule has 3 rings (SSSR count). The summed E-state index contributed by atoms with van der Waals surface area (Å²) in [6, 6.07) is 21.9. The van der Waals surface area contributed by atoms with E-state index in [1.54, 1.807) is 0 Å². The van der Waals surface area contributed by atoms with Crippen LogP contribution >= 0.6 is 31.9 Å². The molecule has 43 heavy (non-hydrogen) atoms. The number of hydrogen-bond acceptors (Lipinski definition) is 4. The highest BCUT2D eigenvalue weighted by Crippen LogP contribution is 2.36. The van der Waals surface area contributed by atoms with Gasteiger partial charge in [0, 0.05) is 0 Å². The Balaban J connectivity index is 1.22. The van der Waals surface area contributed by atoms with Crippen molar-refractivity contribution >= 4 is 31.9 Å². The lowest BCUT2D eigenvalue weighted by Crippen LogP contribution is -2.01. The van der Waals surface area contributed by atoms with Gasteiger partial charge in [0.15, 0.2) is 0 Å². The highest BCUT2D eigenvalue weighted by atomic mass is 79.9. The first kappa shape index (κ1) is 35.0. The molecule has 0 heterocycles. The fourth-order valence-corrected chi connectivity index (χ4v) is 5.79. The molecule has 0 aromatic heterocycles. The highest BCUT2D eigenvalue weighted by Gasteiger charge is 2.09. The molecule has 3 aromatic carbocycles. The van der Waals surface area contributed by atoms with Crippen molar-refractivity contribution in [2.24, 2.45) is 0 Å². The lowest BCUT2D eigenvalue weighted by atomic mass is 10.0. The summed E-state index contributed by atoms with van der Waals surface area (Å²) in [5.74, 6) is 2.58. The van der Waals surface area contributed by atoms with Gasteiger partial charge in [-0.1, -0.05) is 89.0 Å². The van der Waals surface area contributed by atoms with Crippen LogP contribution in [0.5, 0.6) is 17.2 Å². The summed E-state index contributed by atoms with van der Waals surface area (Å²) >= 11 is 7.30. The predicted octanol–water partition coefficient (Wildman–Crippen LogP) is 12.1. The lowest BCUT2D eigenvalue weighted by molar-refractivity contribution is 0.284. The van der Waals surface area contributed by atoms with Gasteiger partial charge in [0.05, 0.1) is 40.4 Å². The van der Waals surface area contributed by atoms with Crippen LogP contribution in [-0.4, -0.2) is 19.8 Å². The Labute approximate surface area is 276 Å². The number of unbranched alkanes of at least 4 members (excludes halogenated alkanes) is 12. The van der Waals surface area contributed by atoms with Crippen LogP contribution < -0.4 is 14.2 Å². The number of rotatable bonds is 22. The minimum atomic E-state index is 0.671. The second-order valence-corrected chi connectivity index (χ2v) is 12.8. The van der Waals surface area contributed by atoms with E-state index in [0.29, 0.717) is 18.8 Å². The van der Waals surface area contributed by atoms with E-state index in [1.807, 2.05) is 48.5 Å². The van der Waals surface area contributed by atoms with Crippen molar-refractivity contribution in [2.45, 2.75) is 96.8 Å². The standard InChI is InChI=1S/C37H47Br2NO3/c1-2-3-4-5-6-7-8-9-10-14-25-42-36-27-35(39)37(28-34(36)38)43-26-15-12-11-13-24-41-33-22-20-32(21-23-33)31-18-16-30(29-40)17-19-31/h16-23,27-28H,2-15,24-26H2,1H3. The van der Waals surface area contributed by atoms with Crippen molar-refractivity contribution in [1.82, 2.24) is 0 Å². The number of benzene rings is 3. The van der Waals surface area contributed by atoms with Crippen molar-refractivity contribution in [1.29, 1.82) is 5.26 Å². The lowest BCUT2D eigenvalue weighted by Gasteiger charge is -2.13. The first-order valence-corrected chi connectivity index (χ1v) is 17.7. The maximum absolute atomic E-state index is 8.96. The predicted molar refractivity (Wildman–Crippen MR) is 185 cm³/mol. The summed E-state index contributed by atoms with van der Waals surface area (Å²) in [6.07, 6.45) is 17.4. The van der Waals surface area contributed by atoms with Crippen LogP contribution in [0.25, 0.3) is 11.1 Å². The van der Waals surface area contributed by atoms with Gasteiger partial charge in [-0.25, -0.2) is 0 Å². The molecule has 0 fully saturated rings. The van der Waals surface area contributed by atoms with Crippen molar-refractivity contribution in [3.63, 3.8) is 0 Å². The smallest absolute Gasteiger partial charge is 0.134 e. The fourth-order valence-electron chi connectivity index (χ4n) is 4.91. The van der Waals surface area contributed by atoms with E-state index < -0.39 is 0 Å². The molecule has 0 aliphatic heterocycles. The third kappa shape index (κ3) is 13.8. The fraction of sp³-hybridized carbons (Fsp3) is 0.486. The van der Waals surface area contributed by atoms with Crippen LogP contribution in [0.3, 0.4) is 0 Å². The van der Waals surface area contributed by atoms with Gasteiger partial charge >= 0.3 is 0 Å². The minimum Gasteiger partial charge on any atom is -0.494 e. The number of nitriles is 1. The van der Waals surface area contributed by atoms with Gasteiger partial charge in [-0.2, -0.15) is 5.26 Å². The van der Waals surface area contributed by atoms with Crippen LogP contribution in [0.15, 0.2) is 69.6 Å². The zero-order valence-electron chi connectivity index (χ0n) is 25.7. The van der Waals surface area contributed by atoms with Gasteiger partial charge < -0.3 is 14.2 Å². The Kier molecular flexibility index (Phi) is 17.3. The molecule has 0 bridgehead atoms. The summed E-state index contributed by atoms with van der Waals surface area (Å²) in [7, 11) is 0. The zero-order chi connectivity index (χ0) is 30.5. The summed E-state index contributed by atoms with van der Waals surface area (Å²) in [6.45, 7) is 4.40. The Morgan fingerprint density at radius 1 is 0.535 bits per heavy atom. The summed E-state index contributed by atoms with van der Waals surface area (Å²) in [5.41, 5.74) is 2.88. The van der Waals surface area contributed by atoms with E-state index in [4.69, 9.17) is 19.5 Å². The molecule has 0 N–H and O–H groups in total. The van der Waals surface area contributed by atoms with Crippen molar-refractivity contribution < 1.29 is 14.2 Å². The molecule has 3 aromatic rings. The molecule has 4 nitrogen and oxygen atoms in total. The van der Waals surface area contributed by atoms with Crippen molar-refractivity contribution in [3.05, 3.63) is 75.2 Å². The molecule has 0 aliphatic carbocycles. The number of halogens is 2. The Hall–Kier alpha value is -2.49. The third-order valence-electron chi connectivity index (χ3n) is 7.51. The zero-order valence-corrected chi connectivity index (χ0v) is 28.9. The van der Waals surface area contributed by atoms with Gasteiger partial charge in [0.2, 0.25) is 0 Å². The molecule has 0 radical (unpaired) electrons. The van der Waals surface area contributed by atoms with Gasteiger partial charge in [-0.05, 0) is 111 Å². The summed E-state index contributed by atoms with van der Waals surface area (Å²) < 4.78 is 19.9. The van der Waals surface area contributed by atoms with Gasteiger partial charge in [0.1, 0.15) is 17.2 Å². The van der Waals surface area contributed by atoms with Gasteiger partial charge in [0.25, 0.3) is 0 Å². The highest BCUT2D eigenvalue weighted by molar-refractivity contribution is 9.11. The number of nitrogens with zero attached hydrogens (tertiary/aromatic N) is 1. The Morgan fingerprint density at radius 3 is 1.37 bits per heavy atom. The largest absolute Gasteiger partial charge is 0.494 e. The first-order chi connectivity index (χ1) is 21.1. The van der Waals surface area contributed by atoms with Crippen LogP contribution in [0.4, 0.5) is 0 Å². The van der Waals surface area contributed by atoms with Gasteiger partial charge in [-0.3, -0.25) is 0 Å². The molecule has 0 amide bonds. The SMILES string of the molecule is CCCCCCCCCCCCOc1cc(Br)c(OCCCCCCOc2ccc(-c3ccc(C#N)cc3)cc2)cc1Br. The molecule has 0 aliphatic rings. The maximum Gasteiger partial charge on any atom is 0.134 e. The van der Waals surface area contributed by atoms with E-state index in [1.165, 1.54) is 57.8 Å².